The van der Waals surface area contributed by atoms with E-state index in [0.29, 0.717) is 11.0 Å². The van der Waals surface area contributed by atoms with Gasteiger partial charge in [0.2, 0.25) is 0 Å². The van der Waals surface area contributed by atoms with E-state index < -0.39 is 6.61 Å². The van der Waals surface area contributed by atoms with Crippen molar-refractivity contribution in [3.8, 4) is 5.75 Å². The first kappa shape index (κ1) is 15.9. The van der Waals surface area contributed by atoms with Gasteiger partial charge in [0.15, 0.2) is 5.11 Å². The van der Waals surface area contributed by atoms with Crippen molar-refractivity contribution >= 4 is 23.0 Å². The minimum atomic E-state index is -2.80. The van der Waals surface area contributed by atoms with Gasteiger partial charge in [-0.25, -0.2) is 0 Å². The number of thiocarbonyl (C=S) groups is 1. The van der Waals surface area contributed by atoms with Gasteiger partial charge in [-0.15, -0.1) is 0 Å². The first-order valence-corrected chi connectivity index (χ1v) is 7.64. The van der Waals surface area contributed by atoms with Crippen molar-refractivity contribution in [2.45, 2.75) is 38.7 Å². The van der Waals surface area contributed by atoms with Crippen molar-refractivity contribution < 1.29 is 13.5 Å². The van der Waals surface area contributed by atoms with Gasteiger partial charge in [-0.2, -0.15) is 8.78 Å². The summed E-state index contributed by atoms with van der Waals surface area (Å²) in [7, 11) is 0. The Morgan fingerprint density at radius 1 is 1.19 bits per heavy atom. The molecule has 0 saturated heterocycles. The highest BCUT2D eigenvalue weighted by molar-refractivity contribution is 7.80. The second-order valence-corrected chi connectivity index (χ2v) is 5.65. The summed E-state index contributed by atoms with van der Waals surface area (Å²) in [5.74, 6) is 0.831. The smallest absolute Gasteiger partial charge is 0.387 e. The second kappa shape index (κ2) is 8.12. The first-order valence-electron chi connectivity index (χ1n) is 7.23. The summed E-state index contributed by atoms with van der Waals surface area (Å²) in [5, 5.41) is 6.81. The molecule has 116 valence electrons. The van der Waals surface area contributed by atoms with Gasteiger partial charge in [-0.05, 0) is 55.2 Å². The normalized spacial score (nSPS) is 15.8. The van der Waals surface area contributed by atoms with Crippen molar-refractivity contribution in [3.05, 3.63) is 24.3 Å². The second-order valence-electron chi connectivity index (χ2n) is 5.24. The van der Waals surface area contributed by atoms with Gasteiger partial charge in [0.25, 0.3) is 0 Å². The van der Waals surface area contributed by atoms with Crippen LogP contribution in [0.4, 0.5) is 14.5 Å². The maximum Gasteiger partial charge on any atom is 0.387 e. The van der Waals surface area contributed by atoms with E-state index in [9.17, 15) is 8.78 Å². The van der Waals surface area contributed by atoms with Crippen LogP contribution >= 0.6 is 12.2 Å². The summed E-state index contributed by atoms with van der Waals surface area (Å²) in [5.41, 5.74) is 0.748. The lowest BCUT2D eigenvalue weighted by Gasteiger charge is -2.22. The molecule has 2 N–H and O–H groups in total. The van der Waals surface area contributed by atoms with E-state index in [1.807, 2.05) is 0 Å². The molecule has 0 aromatic heterocycles. The number of ether oxygens (including phenoxy) is 1. The molecule has 0 heterocycles. The third-order valence-corrected chi connectivity index (χ3v) is 3.86. The Morgan fingerprint density at radius 2 is 1.86 bits per heavy atom. The molecule has 1 aliphatic carbocycles. The monoisotopic (exact) mass is 314 g/mol. The van der Waals surface area contributed by atoms with E-state index in [1.165, 1.54) is 44.2 Å². The van der Waals surface area contributed by atoms with Crippen LogP contribution in [0.1, 0.15) is 32.1 Å². The highest BCUT2D eigenvalue weighted by Crippen LogP contribution is 2.23. The van der Waals surface area contributed by atoms with Gasteiger partial charge in [0.05, 0.1) is 0 Å². The zero-order valence-electron chi connectivity index (χ0n) is 11.8. The average Bonchev–Trinajstić information content (AvgIpc) is 2.48. The molecule has 6 heteroatoms. The average molecular weight is 314 g/mol. The lowest BCUT2D eigenvalue weighted by atomic mass is 9.89. The highest BCUT2D eigenvalue weighted by Gasteiger charge is 2.13. The largest absolute Gasteiger partial charge is 0.435 e. The molecule has 0 spiro atoms. The molecule has 1 saturated carbocycles. The molecule has 0 aliphatic heterocycles. The van der Waals surface area contributed by atoms with Gasteiger partial charge in [0.1, 0.15) is 5.75 Å². The van der Waals surface area contributed by atoms with E-state index >= 15 is 0 Å². The van der Waals surface area contributed by atoms with Crippen LogP contribution in [0.5, 0.6) is 5.75 Å². The van der Waals surface area contributed by atoms with Gasteiger partial charge >= 0.3 is 6.61 Å². The lowest BCUT2D eigenvalue weighted by molar-refractivity contribution is -0.0498. The van der Waals surface area contributed by atoms with Crippen LogP contribution in [0, 0.1) is 5.92 Å². The molecule has 2 rings (SSSR count). The Labute approximate surface area is 129 Å². The van der Waals surface area contributed by atoms with E-state index in [0.717, 1.165) is 12.2 Å². The van der Waals surface area contributed by atoms with Crippen LogP contribution < -0.4 is 15.4 Å². The fraction of sp³-hybridized carbons (Fsp3) is 0.533. The van der Waals surface area contributed by atoms with Gasteiger partial charge in [0, 0.05) is 12.2 Å². The van der Waals surface area contributed by atoms with Crippen LogP contribution in [0.15, 0.2) is 24.3 Å². The first-order chi connectivity index (χ1) is 10.1. The highest BCUT2D eigenvalue weighted by atomic mass is 32.1. The van der Waals surface area contributed by atoms with E-state index in [1.54, 1.807) is 12.1 Å². The molecular formula is C15H20F2N2OS. The van der Waals surface area contributed by atoms with E-state index in [-0.39, 0.29) is 5.75 Å². The molecule has 3 nitrogen and oxygen atoms in total. The Hall–Kier alpha value is -1.43. The van der Waals surface area contributed by atoms with Gasteiger partial charge in [-0.1, -0.05) is 19.3 Å². The van der Waals surface area contributed by atoms with Crippen LogP contribution in [0.2, 0.25) is 0 Å². The molecule has 1 aromatic rings. The number of halogens is 2. The van der Waals surface area contributed by atoms with Crippen LogP contribution in [-0.2, 0) is 0 Å². The Kier molecular flexibility index (Phi) is 6.17. The molecule has 0 radical (unpaired) electrons. The fourth-order valence-electron chi connectivity index (χ4n) is 2.52. The number of hydrogen-bond acceptors (Lipinski definition) is 2. The Bertz CT molecular complexity index is 447. The lowest BCUT2D eigenvalue weighted by Crippen LogP contribution is -2.33. The Morgan fingerprint density at radius 3 is 2.48 bits per heavy atom. The maximum absolute atomic E-state index is 12.0. The number of rotatable bonds is 5. The third kappa shape index (κ3) is 5.83. The van der Waals surface area contributed by atoms with Crippen molar-refractivity contribution in [1.82, 2.24) is 5.32 Å². The van der Waals surface area contributed by atoms with Crippen molar-refractivity contribution in [2.75, 3.05) is 11.9 Å². The van der Waals surface area contributed by atoms with Crippen LogP contribution in [0.25, 0.3) is 0 Å². The third-order valence-electron chi connectivity index (χ3n) is 3.61. The van der Waals surface area contributed by atoms with E-state index in [4.69, 9.17) is 12.2 Å². The van der Waals surface area contributed by atoms with Crippen LogP contribution in [-0.4, -0.2) is 18.3 Å². The molecule has 0 unspecified atom stereocenters. The zero-order valence-corrected chi connectivity index (χ0v) is 12.6. The summed E-state index contributed by atoms with van der Waals surface area (Å²) in [6.45, 7) is -1.92. The minimum Gasteiger partial charge on any atom is -0.435 e. The molecule has 1 aliphatic rings. The number of hydrogen-bond donors (Lipinski definition) is 2. The summed E-state index contributed by atoms with van der Waals surface area (Å²) in [6, 6.07) is 6.29. The number of benzene rings is 1. The number of nitrogens with one attached hydrogen (secondary N) is 2. The summed E-state index contributed by atoms with van der Waals surface area (Å²) < 4.78 is 28.4. The van der Waals surface area contributed by atoms with Gasteiger partial charge in [-0.3, -0.25) is 0 Å². The minimum absolute atomic E-state index is 0.136. The number of alkyl halides is 2. The van der Waals surface area contributed by atoms with Crippen LogP contribution in [0.3, 0.4) is 0 Å². The maximum atomic E-state index is 12.0. The number of anilines is 1. The van der Waals surface area contributed by atoms with Gasteiger partial charge < -0.3 is 15.4 Å². The summed E-state index contributed by atoms with van der Waals surface area (Å²) >= 11 is 5.23. The van der Waals surface area contributed by atoms with Crippen molar-refractivity contribution in [2.24, 2.45) is 5.92 Å². The molecule has 0 amide bonds. The van der Waals surface area contributed by atoms with Crippen molar-refractivity contribution in [3.63, 3.8) is 0 Å². The molecule has 21 heavy (non-hydrogen) atoms. The summed E-state index contributed by atoms with van der Waals surface area (Å²) in [6.07, 6.45) is 6.47. The molecule has 0 bridgehead atoms. The Balaban J connectivity index is 1.74. The quantitative estimate of drug-likeness (QED) is 0.800. The summed E-state index contributed by atoms with van der Waals surface area (Å²) in [4.78, 5) is 0. The van der Waals surface area contributed by atoms with E-state index in [2.05, 4.69) is 15.4 Å². The topological polar surface area (TPSA) is 33.3 Å². The molecular weight excluding hydrogens is 294 g/mol. The predicted octanol–water partition coefficient (Wildman–Crippen LogP) is 4.15. The molecule has 0 atom stereocenters. The fourth-order valence-corrected chi connectivity index (χ4v) is 2.72. The standard InChI is InChI=1S/C15H20F2N2OS/c16-14(17)20-13-8-6-12(7-9-13)19-15(21)18-10-11-4-2-1-3-5-11/h6-9,11,14H,1-5,10H2,(H2,18,19,21). The van der Waals surface area contributed by atoms with Crippen molar-refractivity contribution in [1.29, 1.82) is 0 Å². The predicted molar refractivity (Wildman–Crippen MR) is 83.9 cm³/mol. The SMILES string of the molecule is FC(F)Oc1ccc(NC(=S)NCC2CCCCC2)cc1. The zero-order chi connectivity index (χ0) is 15.1. The molecule has 1 aromatic carbocycles. The molecule has 1 fully saturated rings.